The van der Waals surface area contributed by atoms with Crippen LogP contribution in [0.1, 0.15) is 59.8 Å². The van der Waals surface area contributed by atoms with Gasteiger partial charge in [-0.25, -0.2) is 4.79 Å². The van der Waals surface area contributed by atoms with Crippen LogP contribution in [0.25, 0.3) is 0 Å². The Kier molecular flexibility index (Phi) is 7.50. The van der Waals surface area contributed by atoms with Crippen LogP contribution in [0.2, 0.25) is 0 Å². The second-order valence-electron chi connectivity index (χ2n) is 7.33. The van der Waals surface area contributed by atoms with Crippen LogP contribution in [0.5, 0.6) is 0 Å². The van der Waals surface area contributed by atoms with Crippen LogP contribution in [0.15, 0.2) is 0 Å². The van der Waals surface area contributed by atoms with Crippen molar-refractivity contribution < 1.29 is 9.53 Å². The molecule has 0 aromatic carbocycles. The van der Waals surface area contributed by atoms with E-state index in [0.717, 1.165) is 25.6 Å². The lowest BCUT2D eigenvalue weighted by Gasteiger charge is -2.30. The highest BCUT2D eigenvalue weighted by Crippen LogP contribution is 2.24. The Hall–Kier alpha value is -0.770. The summed E-state index contributed by atoms with van der Waals surface area (Å²) in [6, 6.07) is 0. The zero-order valence-corrected chi connectivity index (χ0v) is 14.7. The first-order chi connectivity index (χ1) is 9.81. The number of carbonyl (C=O) groups is 1. The highest BCUT2D eigenvalue weighted by molar-refractivity contribution is 5.68. The number of hydrogen-bond donors (Lipinski definition) is 0. The minimum atomic E-state index is -0.418. The minimum Gasteiger partial charge on any atom is -0.444 e. The van der Waals surface area contributed by atoms with Crippen LogP contribution < -0.4 is 0 Å². The van der Waals surface area contributed by atoms with Gasteiger partial charge in [0.15, 0.2) is 0 Å². The third-order valence-electron chi connectivity index (χ3n) is 4.08. The SMILES string of the molecule is CCN(CCN(C)CC1CCCCC1)C(=O)OC(C)(C)C. The summed E-state index contributed by atoms with van der Waals surface area (Å²) in [7, 11) is 2.16. The Bertz CT molecular complexity index is 306. The van der Waals surface area contributed by atoms with Crippen molar-refractivity contribution in [3.05, 3.63) is 0 Å². The maximum absolute atomic E-state index is 12.1. The predicted octanol–water partition coefficient (Wildman–Crippen LogP) is 3.76. The van der Waals surface area contributed by atoms with E-state index in [1.165, 1.54) is 32.1 Å². The third-order valence-corrected chi connectivity index (χ3v) is 4.08. The molecule has 0 bridgehead atoms. The fraction of sp³-hybridized carbons (Fsp3) is 0.941. The van der Waals surface area contributed by atoms with E-state index in [9.17, 15) is 4.79 Å². The smallest absolute Gasteiger partial charge is 0.410 e. The van der Waals surface area contributed by atoms with Gasteiger partial charge in [-0.2, -0.15) is 0 Å². The second kappa shape index (κ2) is 8.62. The van der Waals surface area contributed by atoms with Crippen molar-refractivity contribution in [2.75, 3.05) is 33.2 Å². The van der Waals surface area contributed by atoms with Gasteiger partial charge in [0, 0.05) is 26.2 Å². The first-order valence-corrected chi connectivity index (χ1v) is 8.48. The summed E-state index contributed by atoms with van der Waals surface area (Å²) in [6.45, 7) is 11.3. The van der Waals surface area contributed by atoms with Gasteiger partial charge in [0.05, 0.1) is 0 Å². The van der Waals surface area contributed by atoms with Crippen molar-refractivity contribution in [3.63, 3.8) is 0 Å². The van der Waals surface area contributed by atoms with Gasteiger partial charge < -0.3 is 14.5 Å². The molecule has 0 heterocycles. The van der Waals surface area contributed by atoms with Gasteiger partial charge in [0.2, 0.25) is 0 Å². The van der Waals surface area contributed by atoms with Crippen LogP contribution in [0, 0.1) is 5.92 Å². The molecule has 4 heteroatoms. The molecule has 1 aliphatic carbocycles. The Labute approximate surface area is 130 Å². The first kappa shape index (κ1) is 18.3. The molecule has 0 aromatic rings. The van der Waals surface area contributed by atoms with Crippen molar-refractivity contribution in [1.82, 2.24) is 9.80 Å². The lowest BCUT2D eigenvalue weighted by Crippen LogP contribution is -2.41. The van der Waals surface area contributed by atoms with E-state index in [4.69, 9.17) is 4.74 Å². The molecule has 0 radical (unpaired) electrons. The molecule has 0 aromatic heterocycles. The molecule has 0 unspecified atom stereocenters. The summed E-state index contributed by atoms with van der Waals surface area (Å²) in [5.74, 6) is 0.848. The molecule has 4 nitrogen and oxygen atoms in total. The van der Waals surface area contributed by atoms with Crippen LogP contribution in [0.4, 0.5) is 4.79 Å². The van der Waals surface area contributed by atoms with Gasteiger partial charge in [0.1, 0.15) is 5.60 Å². The summed E-state index contributed by atoms with van der Waals surface area (Å²) in [5, 5.41) is 0. The zero-order chi connectivity index (χ0) is 15.9. The van der Waals surface area contributed by atoms with E-state index < -0.39 is 5.60 Å². The van der Waals surface area contributed by atoms with E-state index >= 15 is 0 Å². The summed E-state index contributed by atoms with van der Waals surface area (Å²) in [4.78, 5) is 16.2. The van der Waals surface area contributed by atoms with Crippen molar-refractivity contribution in [2.45, 2.75) is 65.4 Å². The molecule has 0 aliphatic heterocycles. The first-order valence-electron chi connectivity index (χ1n) is 8.48. The molecule has 124 valence electrons. The lowest BCUT2D eigenvalue weighted by atomic mass is 9.89. The van der Waals surface area contributed by atoms with Crippen LogP contribution in [0.3, 0.4) is 0 Å². The van der Waals surface area contributed by atoms with Crippen molar-refractivity contribution in [1.29, 1.82) is 0 Å². The van der Waals surface area contributed by atoms with Gasteiger partial charge in [-0.1, -0.05) is 19.3 Å². The van der Waals surface area contributed by atoms with Crippen LogP contribution in [-0.4, -0.2) is 54.7 Å². The molecule has 1 aliphatic rings. The Morgan fingerprint density at radius 2 is 1.76 bits per heavy atom. The van der Waals surface area contributed by atoms with E-state index in [1.807, 2.05) is 27.7 Å². The standard InChI is InChI=1S/C17H34N2O2/c1-6-19(16(20)21-17(2,3)4)13-12-18(5)14-15-10-8-7-9-11-15/h15H,6-14H2,1-5H3. The highest BCUT2D eigenvalue weighted by atomic mass is 16.6. The molecule has 0 atom stereocenters. The van der Waals surface area contributed by atoms with Gasteiger partial charge in [0.25, 0.3) is 0 Å². The number of nitrogens with zero attached hydrogens (tertiary/aromatic N) is 2. The third kappa shape index (κ3) is 7.70. The average molecular weight is 298 g/mol. The van der Waals surface area contributed by atoms with E-state index in [2.05, 4.69) is 11.9 Å². The fourth-order valence-corrected chi connectivity index (χ4v) is 2.90. The molecule has 1 fully saturated rings. The Morgan fingerprint density at radius 3 is 2.29 bits per heavy atom. The van der Waals surface area contributed by atoms with E-state index in [1.54, 1.807) is 4.90 Å². The summed E-state index contributed by atoms with van der Waals surface area (Å²) >= 11 is 0. The van der Waals surface area contributed by atoms with Crippen LogP contribution in [-0.2, 0) is 4.74 Å². The minimum absolute atomic E-state index is 0.198. The van der Waals surface area contributed by atoms with Crippen molar-refractivity contribution in [2.24, 2.45) is 5.92 Å². The molecule has 0 saturated heterocycles. The molecular formula is C17H34N2O2. The molecule has 1 amide bonds. The summed E-state index contributed by atoms with van der Waals surface area (Å²) in [6.07, 6.45) is 6.72. The summed E-state index contributed by atoms with van der Waals surface area (Å²) < 4.78 is 5.44. The number of hydrogen-bond acceptors (Lipinski definition) is 3. The predicted molar refractivity (Wildman–Crippen MR) is 87.6 cm³/mol. The Morgan fingerprint density at radius 1 is 1.14 bits per heavy atom. The van der Waals surface area contributed by atoms with Gasteiger partial charge in [-0.05, 0) is 53.5 Å². The number of rotatable bonds is 6. The topological polar surface area (TPSA) is 32.8 Å². The average Bonchev–Trinajstić information content (AvgIpc) is 2.38. The maximum Gasteiger partial charge on any atom is 0.410 e. The monoisotopic (exact) mass is 298 g/mol. The normalized spacial score (nSPS) is 17.0. The summed E-state index contributed by atoms with van der Waals surface area (Å²) in [5.41, 5.74) is -0.418. The molecule has 0 spiro atoms. The molecular weight excluding hydrogens is 264 g/mol. The van der Waals surface area contributed by atoms with E-state index in [0.29, 0.717) is 6.54 Å². The second-order valence-corrected chi connectivity index (χ2v) is 7.33. The quantitative estimate of drug-likeness (QED) is 0.748. The Balaban J connectivity index is 2.31. The molecule has 0 N–H and O–H groups in total. The largest absolute Gasteiger partial charge is 0.444 e. The fourth-order valence-electron chi connectivity index (χ4n) is 2.90. The van der Waals surface area contributed by atoms with Gasteiger partial charge >= 0.3 is 6.09 Å². The van der Waals surface area contributed by atoms with Gasteiger partial charge in [-0.15, -0.1) is 0 Å². The van der Waals surface area contributed by atoms with E-state index in [-0.39, 0.29) is 6.09 Å². The molecule has 21 heavy (non-hydrogen) atoms. The van der Waals surface area contributed by atoms with Crippen molar-refractivity contribution >= 4 is 6.09 Å². The molecule has 1 saturated carbocycles. The molecule has 1 rings (SSSR count). The van der Waals surface area contributed by atoms with Gasteiger partial charge in [-0.3, -0.25) is 0 Å². The zero-order valence-electron chi connectivity index (χ0n) is 14.7. The number of likely N-dealkylation sites (N-methyl/N-ethyl adjacent to an activating group) is 2. The number of carbonyl (C=O) groups excluding carboxylic acids is 1. The number of ether oxygens (including phenoxy) is 1. The maximum atomic E-state index is 12.1. The van der Waals surface area contributed by atoms with Crippen molar-refractivity contribution in [3.8, 4) is 0 Å². The number of amides is 1. The lowest BCUT2D eigenvalue weighted by molar-refractivity contribution is 0.0244. The highest BCUT2D eigenvalue weighted by Gasteiger charge is 2.21. The van der Waals surface area contributed by atoms with Crippen LogP contribution >= 0.6 is 0 Å².